The lowest BCUT2D eigenvalue weighted by molar-refractivity contribution is 0.120. The van der Waals surface area contributed by atoms with Crippen LogP contribution < -0.4 is 10.2 Å². The standard InChI is InChI=1S/C18H25N5O.2ClH/c1-22-8-10-23(11-9-22)18-20-16-7-3-2-6-15(16)17(21-18)19-13-14-5-4-12-24-14;;/h2-3,6-7,14H,4-5,8-13H2,1H3,(H,19,20,21);2*1H. The number of anilines is 2. The summed E-state index contributed by atoms with van der Waals surface area (Å²) in [5.41, 5.74) is 0.997. The minimum atomic E-state index is 0. The highest BCUT2D eigenvalue weighted by Gasteiger charge is 2.20. The maximum absolute atomic E-state index is 5.72. The Labute approximate surface area is 167 Å². The number of rotatable bonds is 4. The molecule has 0 saturated carbocycles. The fourth-order valence-corrected chi connectivity index (χ4v) is 3.36. The van der Waals surface area contributed by atoms with Gasteiger partial charge in [0.25, 0.3) is 0 Å². The minimum Gasteiger partial charge on any atom is -0.376 e. The number of piperazine rings is 1. The van der Waals surface area contributed by atoms with E-state index in [0.29, 0.717) is 6.10 Å². The molecular formula is C18H27Cl2N5O. The number of benzene rings is 1. The number of nitrogens with one attached hydrogen (secondary N) is 1. The zero-order chi connectivity index (χ0) is 16.4. The highest BCUT2D eigenvalue weighted by Crippen LogP contribution is 2.24. The first-order chi connectivity index (χ1) is 11.8. The van der Waals surface area contributed by atoms with Gasteiger partial charge < -0.3 is 19.9 Å². The van der Waals surface area contributed by atoms with Gasteiger partial charge >= 0.3 is 0 Å². The lowest BCUT2D eigenvalue weighted by atomic mass is 10.2. The molecule has 2 fully saturated rings. The Hall–Kier alpha value is -1.34. The number of ether oxygens (including phenoxy) is 1. The summed E-state index contributed by atoms with van der Waals surface area (Å²) in [5.74, 6) is 1.75. The number of aromatic nitrogens is 2. The molecule has 1 atom stereocenters. The highest BCUT2D eigenvalue weighted by atomic mass is 35.5. The van der Waals surface area contributed by atoms with E-state index < -0.39 is 0 Å². The van der Waals surface area contributed by atoms with Gasteiger partial charge in [0.2, 0.25) is 5.95 Å². The molecule has 2 aromatic rings. The molecule has 6 nitrogen and oxygen atoms in total. The van der Waals surface area contributed by atoms with Crippen molar-refractivity contribution in [3.63, 3.8) is 0 Å². The monoisotopic (exact) mass is 399 g/mol. The van der Waals surface area contributed by atoms with E-state index in [-0.39, 0.29) is 24.8 Å². The molecule has 2 aliphatic rings. The quantitative estimate of drug-likeness (QED) is 0.852. The van der Waals surface area contributed by atoms with E-state index >= 15 is 0 Å². The van der Waals surface area contributed by atoms with Gasteiger partial charge in [0.05, 0.1) is 11.6 Å². The molecule has 0 bridgehead atoms. The highest BCUT2D eigenvalue weighted by molar-refractivity contribution is 5.90. The summed E-state index contributed by atoms with van der Waals surface area (Å²) in [6.45, 7) is 5.73. The van der Waals surface area contributed by atoms with Gasteiger partial charge in [-0.1, -0.05) is 12.1 Å². The van der Waals surface area contributed by atoms with Gasteiger partial charge in [0.1, 0.15) is 5.82 Å². The lowest BCUT2D eigenvalue weighted by Gasteiger charge is -2.32. The SMILES string of the molecule is CN1CCN(c2nc(NCC3CCCO3)c3ccccc3n2)CC1.Cl.Cl. The summed E-state index contributed by atoms with van der Waals surface area (Å²) in [4.78, 5) is 14.3. The maximum Gasteiger partial charge on any atom is 0.227 e. The third-order valence-corrected chi connectivity index (χ3v) is 4.90. The van der Waals surface area contributed by atoms with Crippen LogP contribution in [0.15, 0.2) is 24.3 Å². The number of hydrogen-bond donors (Lipinski definition) is 1. The molecule has 26 heavy (non-hydrogen) atoms. The summed E-state index contributed by atoms with van der Waals surface area (Å²) in [6, 6.07) is 8.22. The van der Waals surface area contributed by atoms with Crippen LogP contribution in [0, 0.1) is 0 Å². The van der Waals surface area contributed by atoms with Crippen LogP contribution in [0.2, 0.25) is 0 Å². The third-order valence-electron chi connectivity index (χ3n) is 4.90. The summed E-state index contributed by atoms with van der Waals surface area (Å²) in [6.07, 6.45) is 2.58. The molecule has 2 saturated heterocycles. The molecule has 8 heteroatoms. The van der Waals surface area contributed by atoms with Gasteiger partial charge in [-0.3, -0.25) is 0 Å². The molecule has 0 aliphatic carbocycles. The fraction of sp³-hybridized carbons (Fsp3) is 0.556. The lowest BCUT2D eigenvalue weighted by Crippen LogP contribution is -2.45. The third kappa shape index (κ3) is 4.68. The van der Waals surface area contributed by atoms with E-state index in [2.05, 4.69) is 34.3 Å². The summed E-state index contributed by atoms with van der Waals surface area (Å²) in [5, 5.41) is 4.58. The molecule has 4 rings (SSSR count). The Morgan fingerprint density at radius 1 is 1.12 bits per heavy atom. The van der Waals surface area contributed by atoms with E-state index in [1.165, 1.54) is 0 Å². The molecule has 0 spiro atoms. The van der Waals surface area contributed by atoms with Crippen molar-refractivity contribution < 1.29 is 4.74 Å². The molecular weight excluding hydrogens is 373 g/mol. The normalized spacial score (nSPS) is 20.5. The Balaban J connectivity index is 0.00000121. The first kappa shape index (κ1) is 21.0. The van der Waals surface area contributed by atoms with Crippen molar-refractivity contribution >= 4 is 47.5 Å². The Morgan fingerprint density at radius 3 is 2.62 bits per heavy atom. The van der Waals surface area contributed by atoms with Crippen LogP contribution in [0.5, 0.6) is 0 Å². The van der Waals surface area contributed by atoms with Gasteiger partial charge in [-0.15, -0.1) is 24.8 Å². The van der Waals surface area contributed by atoms with Crippen molar-refractivity contribution in [1.82, 2.24) is 14.9 Å². The smallest absolute Gasteiger partial charge is 0.227 e. The largest absolute Gasteiger partial charge is 0.376 e. The van der Waals surface area contributed by atoms with Gasteiger partial charge in [-0.2, -0.15) is 4.98 Å². The minimum absolute atomic E-state index is 0. The number of nitrogens with zero attached hydrogens (tertiary/aromatic N) is 4. The zero-order valence-electron chi connectivity index (χ0n) is 15.1. The second-order valence-corrected chi connectivity index (χ2v) is 6.70. The molecule has 144 valence electrons. The van der Waals surface area contributed by atoms with Crippen LogP contribution in [0.1, 0.15) is 12.8 Å². The van der Waals surface area contributed by atoms with Gasteiger partial charge in [-0.25, -0.2) is 4.98 Å². The van der Waals surface area contributed by atoms with E-state index in [0.717, 1.165) is 74.8 Å². The molecule has 0 amide bonds. The number of fused-ring (bicyclic) bond motifs is 1. The summed E-state index contributed by atoms with van der Waals surface area (Å²) >= 11 is 0. The van der Waals surface area contributed by atoms with Crippen molar-refractivity contribution in [2.75, 3.05) is 56.6 Å². The van der Waals surface area contributed by atoms with E-state index in [1.807, 2.05) is 12.1 Å². The first-order valence-electron chi connectivity index (χ1n) is 8.85. The summed E-state index contributed by atoms with van der Waals surface area (Å²) < 4.78 is 5.72. The van der Waals surface area contributed by atoms with Crippen molar-refractivity contribution in [2.24, 2.45) is 0 Å². The molecule has 2 aliphatic heterocycles. The molecule has 1 aromatic carbocycles. The Bertz CT molecular complexity index is 703. The number of halogens is 2. The van der Waals surface area contributed by atoms with Gasteiger partial charge in [0.15, 0.2) is 0 Å². The van der Waals surface area contributed by atoms with Crippen LogP contribution >= 0.6 is 24.8 Å². The number of para-hydroxylation sites is 1. The average molecular weight is 400 g/mol. The molecule has 1 N–H and O–H groups in total. The molecule has 1 unspecified atom stereocenters. The first-order valence-corrected chi connectivity index (χ1v) is 8.85. The Kier molecular flexibility index (Phi) is 7.70. The zero-order valence-corrected chi connectivity index (χ0v) is 16.7. The summed E-state index contributed by atoms with van der Waals surface area (Å²) in [7, 11) is 2.16. The second kappa shape index (κ2) is 9.55. The average Bonchev–Trinajstić information content (AvgIpc) is 3.13. The van der Waals surface area contributed by atoms with Crippen LogP contribution in [0.3, 0.4) is 0 Å². The fourth-order valence-electron chi connectivity index (χ4n) is 3.36. The van der Waals surface area contributed by atoms with Gasteiger partial charge in [0, 0.05) is 44.7 Å². The van der Waals surface area contributed by atoms with Crippen LogP contribution in [0.25, 0.3) is 10.9 Å². The van der Waals surface area contributed by atoms with Crippen LogP contribution in [0.4, 0.5) is 11.8 Å². The molecule has 3 heterocycles. The number of likely N-dealkylation sites (N-methyl/N-ethyl adjacent to an activating group) is 1. The topological polar surface area (TPSA) is 53.5 Å². The molecule has 1 aromatic heterocycles. The predicted octanol–water partition coefficient (Wildman–Crippen LogP) is 2.82. The van der Waals surface area contributed by atoms with E-state index in [1.54, 1.807) is 0 Å². The maximum atomic E-state index is 5.72. The van der Waals surface area contributed by atoms with Crippen LogP contribution in [-0.4, -0.2) is 67.4 Å². The van der Waals surface area contributed by atoms with Crippen molar-refractivity contribution in [3.05, 3.63) is 24.3 Å². The molecule has 0 radical (unpaired) electrons. The van der Waals surface area contributed by atoms with Crippen LogP contribution in [-0.2, 0) is 4.74 Å². The predicted molar refractivity (Wildman–Crippen MR) is 111 cm³/mol. The van der Waals surface area contributed by atoms with E-state index in [9.17, 15) is 0 Å². The number of hydrogen-bond acceptors (Lipinski definition) is 6. The van der Waals surface area contributed by atoms with E-state index in [4.69, 9.17) is 14.7 Å². The van der Waals surface area contributed by atoms with Crippen molar-refractivity contribution in [1.29, 1.82) is 0 Å². The van der Waals surface area contributed by atoms with Gasteiger partial charge in [-0.05, 0) is 32.0 Å². The Morgan fingerprint density at radius 2 is 1.88 bits per heavy atom. The second-order valence-electron chi connectivity index (χ2n) is 6.70. The van der Waals surface area contributed by atoms with Crippen molar-refractivity contribution in [2.45, 2.75) is 18.9 Å². The van der Waals surface area contributed by atoms with Crippen molar-refractivity contribution in [3.8, 4) is 0 Å².